The van der Waals surface area contributed by atoms with Gasteiger partial charge in [-0.1, -0.05) is 39.0 Å². The summed E-state index contributed by atoms with van der Waals surface area (Å²) in [6, 6.07) is 0. The average Bonchev–Trinajstić information content (AvgIpc) is 2.36. The monoisotopic (exact) mass is 301 g/mol. The second-order valence-corrected chi connectivity index (χ2v) is 4.42. The Labute approximate surface area is 114 Å². The first-order chi connectivity index (χ1) is 9.17. The van der Waals surface area contributed by atoms with E-state index < -0.39 is 30.3 Å². The molecule has 0 aromatic rings. The first-order valence-electron chi connectivity index (χ1n) is 6.40. The molecule has 0 rings (SSSR count). The van der Waals surface area contributed by atoms with E-state index in [4.69, 9.17) is 0 Å². The third kappa shape index (κ3) is 4.97. The predicted octanol–water partition coefficient (Wildman–Crippen LogP) is 2.65. The Balaban J connectivity index is 4.11. The topological polar surface area (TPSA) is 69.4 Å². The van der Waals surface area contributed by atoms with Crippen LogP contribution in [0.5, 0.6) is 0 Å². The standard InChI is InChI=1S/C12H19F4NO3/c1-2-3-4-5-6-7-8-20-10(19)12(15,16)11(13,14)9(17)18/h2-8H2,1H3,(H2,17,18). The van der Waals surface area contributed by atoms with Gasteiger partial charge in [0.1, 0.15) is 0 Å². The summed E-state index contributed by atoms with van der Waals surface area (Å²) < 4.78 is 55.6. The zero-order valence-electron chi connectivity index (χ0n) is 11.3. The van der Waals surface area contributed by atoms with E-state index in [0.29, 0.717) is 12.8 Å². The number of primary amides is 1. The molecule has 0 unspecified atom stereocenters. The van der Waals surface area contributed by atoms with Crippen molar-refractivity contribution in [3.05, 3.63) is 0 Å². The third-order valence-corrected chi connectivity index (χ3v) is 2.69. The normalized spacial score (nSPS) is 12.2. The Hall–Kier alpha value is -1.34. The Kier molecular flexibility index (Phi) is 7.52. The molecule has 0 bridgehead atoms. The third-order valence-electron chi connectivity index (χ3n) is 2.69. The van der Waals surface area contributed by atoms with Gasteiger partial charge in [0.15, 0.2) is 0 Å². The molecule has 0 aliphatic carbocycles. The summed E-state index contributed by atoms with van der Waals surface area (Å²) >= 11 is 0. The van der Waals surface area contributed by atoms with Crippen LogP contribution in [0.3, 0.4) is 0 Å². The zero-order valence-corrected chi connectivity index (χ0v) is 11.3. The van der Waals surface area contributed by atoms with Gasteiger partial charge in [0.2, 0.25) is 0 Å². The lowest BCUT2D eigenvalue weighted by Crippen LogP contribution is -2.55. The molecular weight excluding hydrogens is 282 g/mol. The van der Waals surface area contributed by atoms with Crippen LogP contribution < -0.4 is 5.73 Å². The molecule has 0 aromatic heterocycles. The van der Waals surface area contributed by atoms with Gasteiger partial charge in [-0.2, -0.15) is 17.6 Å². The molecule has 20 heavy (non-hydrogen) atoms. The zero-order chi connectivity index (χ0) is 15.8. The van der Waals surface area contributed by atoms with Crippen LogP contribution in [0.4, 0.5) is 17.6 Å². The largest absolute Gasteiger partial charge is 0.461 e. The van der Waals surface area contributed by atoms with Gasteiger partial charge in [-0.05, 0) is 6.42 Å². The van der Waals surface area contributed by atoms with Gasteiger partial charge < -0.3 is 10.5 Å². The van der Waals surface area contributed by atoms with E-state index in [2.05, 4.69) is 10.5 Å². The first kappa shape index (κ1) is 18.7. The van der Waals surface area contributed by atoms with Crippen molar-refractivity contribution < 1.29 is 31.9 Å². The molecule has 4 nitrogen and oxygen atoms in total. The van der Waals surface area contributed by atoms with E-state index in [1.807, 2.05) is 6.92 Å². The van der Waals surface area contributed by atoms with Crippen molar-refractivity contribution >= 4 is 11.9 Å². The number of rotatable bonds is 10. The van der Waals surface area contributed by atoms with Crippen LogP contribution in [-0.4, -0.2) is 30.3 Å². The second kappa shape index (κ2) is 8.06. The number of halogens is 4. The first-order valence-corrected chi connectivity index (χ1v) is 6.40. The molecule has 8 heteroatoms. The molecule has 0 aromatic carbocycles. The minimum absolute atomic E-state index is 0.299. The van der Waals surface area contributed by atoms with Gasteiger partial charge in [-0.15, -0.1) is 0 Å². The van der Waals surface area contributed by atoms with Crippen LogP contribution in [0.2, 0.25) is 0 Å². The number of amides is 1. The highest BCUT2D eigenvalue weighted by molar-refractivity contribution is 5.91. The number of carbonyl (C=O) groups excluding carboxylic acids is 2. The van der Waals surface area contributed by atoms with Gasteiger partial charge in [-0.25, -0.2) is 4.79 Å². The maximum Gasteiger partial charge on any atom is 0.413 e. The van der Waals surface area contributed by atoms with E-state index in [-0.39, 0.29) is 0 Å². The van der Waals surface area contributed by atoms with E-state index in [1.54, 1.807) is 0 Å². The highest BCUT2D eigenvalue weighted by Crippen LogP contribution is 2.35. The van der Waals surface area contributed by atoms with Gasteiger partial charge in [0.25, 0.3) is 5.91 Å². The summed E-state index contributed by atoms with van der Waals surface area (Å²) in [6.45, 7) is 1.64. The molecule has 0 saturated carbocycles. The molecule has 0 aliphatic heterocycles. The maximum atomic E-state index is 13.0. The molecule has 0 saturated heterocycles. The number of hydrogen-bond donors (Lipinski definition) is 1. The molecule has 0 fully saturated rings. The highest BCUT2D eigenvalue weighted by Gasteiger charge is 2.67. The van der Waals surface area contributed by atoms with Crippen molar-refractivity contribution in [1.29, 1.82) is 0 Å². The molecule has 118 valence electrons. The number of unbranched alkanes of at least 4 members (excludes halogenated alkanes) is 5. The summed E-state index contributed by atoms with van der Waals surface area (Å²) in [5.74, 6) is -15.5. The van der Waals surface area contributed by atoms with Crippen molar-refractivity contribution in [2.45, 2.75) is 57.3 Å². The van der Waals surface area contributed by atoms with Crippen LogP contribution >= 0.6 is 0 Å². The van der Waals surface area contributed by atoms with Gasteiger partial charge >= 0.3 is 17.8 Å². The van der Waals surface area contributed by atoms with E-state index in [1.165, 1.54) is 0 Å². The van der Waals surface area contributed by atoms with E-state index in [0.717, 1.165) is 25.7 Å². The Bertz CT molecular complexity index is 335. The molecular formula is C12H19F4NO3. The molecule has 0 aliphatic rings. The van der Waals surface area contributed by atoms with Crippen molar-refractivity contribution in [2.75, 3.05) is 6.61 Å². The smallest absolute Gasteiger partial charge is 0.413 e. The van der Waals surface area contributed by atoms with Gasteiger partial charge in [0.05, 0.1) is 6.61 Å². The Morgan fingerprint density at radius 3 is 1.95 bits per heavy atom. The number of nitrogens with two attached hydrogens (primary N) is 1. The van der Waals surface area contributed by atoms with Crippen LogP contribution in [0.25, 0.3) is 0 Å². The molecule has 2 N–H and O–H groups in total. The lowest BCUT2D eigenvalue weighted by Gasteiger charge is -2.21. The number of alkyl halides is 4. The van der Waals surface area contributed by atoms with E-state index in [9.17, 15) is 27.2 Å². The minimum atomic E-state index is -5.26. The Morgan fingerprint density at radius 1 is 0.950 bits per heavy atom. The summed E-state index contributed by atoms with van der Waals surface area (Å²) in [5, 5.41) is 0. The van der Waals surface area contributed by atoms with Crippen LogP contribution in [0.15, 0.2) is 0 Å². The number of hydrogen-bond acceptors (Lipinski definition) is 3. The molecule has 0 radical (unpaired) electrons. The predicted molar refractivity (Wildman–Crippen MR) is 63.4 cm³/mol. The van der Waals surface area contributed by atoms with E-state index >= 15 is 0 Å². The van der Waals surface area contributed by atoms with Crippen molar-refractivity contribution in [1.82, 2.24) is 0 Å². The Morgan fingerprint density at radius 2 is 1.45 bits per heavy atom. The van der Waals surface area contributed by atoms with Crippen molar-refractivity contribution in [3.8, 4) is 0 Å². The van der Waals surface area contributed by atoms with Crippen molar-refractivity contribution in [3.63, 3.8) is 0 Å². The average molecular weight is 301 g/mol. The minimum Gasteiger partial charge on any atom is -0.461 e. The van der Waals surface area contributed by atoms with Gasteiger partial charge in [-0.3, -0.25) is 4.79 Å². The lowest BCUT2D eigenvalue weighted by molar-refractivity contribution is -0.224. The molecule has 0 spiro atoms. The number of esters is 1. The summed E-state index contributed by atoms with van der Waals surface area (Å²) in [7, 11) is 0. The second-order valence-electron chi connectivity index (χ2n) is 4.42. The maximum absolute atomic E-state index is 13.0. The molecule has 0 heterocycles. The van der Waals surface area contributed by atoms with Crippen LogP contribution in [0, 0.1) is 0 Å². The number of carbonyl (C=O) groups is 2. The quantitative estimate of drug-likeness (QED) is 0.383. The fraction of sp³-hybridized carbons (Fsp3) is 0.833. The SMILES string of the molecule is CCCCCCCCOC(=O)C(F)(F)C(F)(F)C(N)=O. The van der Waals surface area contributed by atoms with Gasteiger partial charge in [0, 0.05) is 0 Å². The number of ether oxygens (including phenoxy) is 1. The van der Waals surface area contributed by atoms with Crippen molar-refractivity contribution in [2.24, 2.45) is 5.73 Å². The molecule has 0 atom stereocenters. The lowest BCUT2D eigenvalue weighted by atomic mass is 10.1. The summed E-state index contributed by atoms with van der Waals surface area (Å²) in [5.41, 5.74) is 4.14. The summed E-state index contributed by atoms with van der Waals surface area (Å²) in [4.78, 5) is 21.1. The highest BCUT2D eigenvalue weighted by atomic mass is 19.3. The fourth-order valence-corrected chi connectivity index (χ4v) is 1.42. The fourth-order valence-electron chi connectivity index (χ4n) is 1.42. The summed E-state index contributed by atoms with van der Waals surface area (Å²) in [6.07, 6.45) is 4.85. The van der Waals surface area contributed by atoms with Crippen LogP contribution in [-0.2, 0) is 14.3 Å². The van der Waals surface area contributed by atoms with Crippen LogP contribution in [0.1, 0.15) is 45.4 Å². The molecule has 1 amide bonds.